The first-order chi connectivity index (χ1) is 12.4. The number of halogens is 1. The maximum atomic E-state index is 12.6. The van der Waals surface area contributed by atoms with E-state index in [0.717, 1.165) is 15.9 Å². The number of esters is 1. The monoisotopic (exact) mass is 458 g/mol. The van der Waals surface area contributed by atoms with E-state index in [0.29, 0.717) is 36.0 Å². The van der Waals surface area contributed by atoms with Crippen LogP contribution < -0.4 is 0 Å². The highest BCUT2D eigenvalue weighted by atomic mass is 79.9. The normalized spacial score (nSPS) is 16.5. The Hall–Kier alpha value is -1.26. The predicted molar refractivity (Wildman–Crippen MR) is 104 cm³/mol. The molecule has 1 aliphatic rings. The second kappa shape index (κ2) is 8.18. The van der Waals surface area contributed by atoms with Gasteiger partial charge in [0.15, 0.2) is 0 Å². The lowest BCUT2D eigenvalue weighted by molar-refractivity contribution is 0.0600. The molecule has 140 valence electrons. The molecule has 6 nitrogen and oxygen atoms in total. The maximum Gasteiger partial charge on any atom is 0.337 e. The minimum absolute atomic E-state index is 0.351. The van der Waals surface area contributed by atoms with Gasteiger partial charge in [-0.25, -0.2) is 13.2 Å². The molecule has 0 spiro atoms. The molecule has 0 aliphatic carbocycles. The predicted octanol–water partition coefficient (Wildman–Crippen LogP) is 2.80. The van der Waals surface area contributed by atoms with E-state index < -0.39 is 10.0 Å². The first kappa shape index (κ1) is 19.5. The molecule has 0 radical (unpaired) electrons. The molecule has 1 aliphatic heterocycles. The topological polar surface area (TPSA) is 66.9 Å². The second-order valence-electron chi connectivity index (χ2n) is 5.93. The van der Waals surface area contributed by atoms with Crippen LogP contribution in [-0.4, -0.2) is 56.9 Å². The highest BCUT2D eigenvalue weighted by molar-refractivity contribution is 9.11. The smallest absolute Gasteiger partial charge is 0.337 e. The highest BCUT2D eigenvalue weighted by Crippen LogP contribution is 2.29. The SMILES string of the molecule is COC(=O)c1ccc(CN2CCN(S(=O)(=O)c3ccc(Br)s3)CC2)cc1. The summed E-state index contributed by atoms with van der Waals surface area (Å²) in [5.74, 6) is -0.351. The number of nitrogens with zero attached hydrogens (tertiary/aromatic N) is 2. The van der Waals surface area contributed by atoms with E-state index in [1.807, 2.05) is 12.1 Å². The van der Waals surface area contributed by atoms with Crippen LogP contribution in [0, 0.1) is 0 Å². The van der Waals surface area contributed by atoms with E-state index in [-0.39, 0.29) is 5.97 Å². The van der Waals surface area contributed by atoms with Crippen LogP contribution in [0.2, 0.25) is 0 Å². The first-order valence-electron chi connectivity index (χ1n) is 8.05. The Kier molecular flexibility index (Phi) is 6.13. The van der Waals surface area contributed by atoms with Crippen molar-refractivity contribution in [2.24, 2.45) is 0 Å². The average molecular weight is 459 g/mol. The first-order valence-corrected chi connectivity index (χ1v) is 11.1. The van der Waals surface area contributed by atoms with Gasteiger partial charge in [-0.05, 0) is 45.8 Å². The molecule has 1 saturated heterocycles. The van der Waals surface area contributed by atoms with Gasteiger partial charge >= 0.3 is 5.97 Å². The molecule has 0 N–H and O–H groups in total. The standard InChI is InChI=1S/C17H19BrN2O4S2/c1-24-17(21)14-4-2-13(3-5-14)12-19-8-10-20(11-9-19)26(22,23)16-7-6-15(18)25-16/h2-7H,8-12H2,1H3. The van der Waals surface area contributed by atoms with Crippen molar-refractivity contribution in [2.45, 2.75) is 10.8 Å². The van der Waals surface area contributed by atoms with Gasteiger partial charge in [0, 0.05) is 32.7 Å². The summed E-state index contributed by atoms with van der Waals surface area (Å²) in [5.41, 5.74) is 1.60. The summed E-state index contributed by atoms with van der Waals surface area (Å²) in [6.45, 7) is 3.01. The van der Waals surface area contributed by atoms with Crippen LogP contribution in [0.4, 0.5) is 0 Å². The largest absolute Gasteiger partial charge is 0.465 e. The minimum atomic E-state index is -3.41. The Bertz CT molecular complexity index is 872. The number of benzene rings is 1. The zero-order valence-electron chi connectivity index (χ0n) is 14.2. The highest BCUT2D eigenvalue weighted by Gasteiger charge is 2.29. The van der Waals surface area contributed by atoms with Gasteiger partial charge in [-0.2, -0.15) is 4.31 Å². The zero-order valence-corrected chi connectivity index (χ0v) is 17.4. The lowest BCUT2D eigenvalue weighted by Gasteiger charge is -2.33. The van der Waals surface area contributed by atoms with E-state index in [9.17, 15) is 13.2 Å². The van der Waals surface area contributed by atoms with Crippen LogP contribution in [0.3, 0.4) is 0 Å². The fourth-order valence-corrected chi connectivity index (χ4v) is 6.40. The number of sulfonamides is 1. The van der Waals surface area contributed by atoms with Crippen LogP contribution in [0.1, 0.15) is 15.9 Å². The van der Waals surface area contributed by atoms with Gasteiger partial charge in [-0.1, -0.05) is 12.1 Å². The average Bonchev–Trinajstić information content (AvgIpc) is 3.09. The Morgan fingerprint density at radius 2 is 1.77 bits per heavy atom. The molecule has 0 bridgehead atoms. The Labute approximate surface area is 165 Å². The van der Waals surface area contributed by atoms with Gasteiger partial charge in [-0.3, -0.25) is 4.90 Å². The summed E-state index contributed by atoms with van der Waals surface area (Å²) >= 11 is 4.55. The van der Waals surface area contributed by atoms with Crippen molar-refractivity contribution < 1.29 is 17.9 Å². The molecule has 9 heteroatoms. The summed E-state index contributed by atoms with van der Waals surface area (Å²) in [6.07, 6.45) is 0. The number of piperazine rings is 1. The van der Waals surface area contributed by atoms with Crippen molar-refractivity contribution in [3.8, 4) is 0 Å². The summed E-state index contributed by atoms with van der Waals surface area (Å²) in [6, 6.07) is 10.7. The molecule has 0 atom stereocenters. The van der Waals surface area contributed by atoms with Crippen LogP contribution in [0.25, 0.3) is 0 Å². The number of rotatable bonds is 5. The van der Waals surface area contributed by atoms with E-state index in [4.69, 9.17) is 4.74 Å². The molecular formula is C17H19BrN2O4S2. The molecule has 2 heterocycles. The molecule has 1 aromatic carbocycles. The van der Waals surface area contributed by atoms with Crippen LogP contribution >= 0.6 is 27.3 Å². The summed E-state index contributed by atoms with van der Waals surface area (Å²) in [5, 5.41) is 0. The van der Waals surface area contributed by atoms with Crippen molar-refractivity contribution >= 4 is 43.3 Å². The van der Waals surface area contributed by atoms with E-state index >= 15 is 0 Å². The third-order valence-corrected chi connectivity index (χ3v) is 8.24. The number of hydrogen-bond donors (Lipinski definition) is 0. The van der Waals surface area contributed by atoms with Crippen molar-refractivity contribution in [3.05, 3.63) is 51.3 Å². The lowest BCUT2D eigenvalue weighted by atomic mass is 10.1. The molecule has 26 heavy (non-hydrogen) atoms. The van der Waals surface area contributed by atoms with Gasteiger partial charge in [0.05, 0.1) is 16.5 Å². The molecular weight excluding hydrogens is 440 g/mol. The van der Waals surface area contributed by atoms with Gasteiger partial charge in [-0.15, -0.1) is 11.3 Å². The maximum absolute atomic E-state index is 12.6. The molecule has 0 unspecified atom stereocenters. The zero-order chi connectivity index (χ0) is 18.7. The van der Waals surface area contributed by atoms with Gasteiger partial charge in [0.25, 0.3) is 10.0 Å². The number of ether oxygens (including phenoxy) is 1. The number of methoxy groups -OCH3 is 1. The third kappa shape index (κ3) is 4.34. The fraction of sp³-hybridized carbons (Fsp3) is 0.353. The molecule has 0 amide bonds. The molecule has 3 rings (SSSR count). The summed E-state index contributed by atoms with van der Waals surface area (Å²) in [4.78, 5) is 13.7. The van der Waals surface area contributed by atoms with E-state index in [1.54, 1.807) is 28.6 Å². The van der Waals surface area contributed by atoms with Gasteiger partial charge in [0.1, 0.15) is 4.21 Å². The quantitative estimate of drug-likeness (QED) is 0.644. The number of carbonyl (C=O) groups is 1. The Morgan fingerprint density at radius 3 is 2.31 bits per heavy atom. The Morgan fingerprint density at radius 1 is 1.12 bits per heavy atom. The van der Waals surface area contributed by atoms with Gasteiger partial charge < -0.3 is 4.74 Å². The molecule has 1 fully saturated rings. The van der Waals surface area contributed by atoms with Crippen molar-refractivity contribution in [3.63, 3.8) is 0 Å². The van der Waals surface area contributed by atoms with E-state index in [1.165, 1.54) is 18.4 Å². The minimum Gasteiger partial charge on any atom is -0.465 e. The lowest BCUT2D eigenvalue weighted by Crippen LogP contribution is -2.48. The second-order valence-corrected chi connectivity index (χ2v) is 10.6. The fourth-order valence-electron chi connectivity index (χ4n) is 2.81. The van der Waals surface area contributed by atoms with Crippen molar-refractivity contribution in [1.82, 2.24) is 9.21 Å². The summed E-state index contributed by atoms with van der Waals surface area (Å²) in [7, 11) is -2.05. The number of carbonyl (C=O) groups excluding carboxylic acids is 1. The van der Waals surface area contributed by atoms with Gasteiger partial charge in [0.2, 0.25) is 0 Å². The number of thiophene rings is 1. The third-order valence-electron chi connectivity index (χ3n) is 4.26. The van der Waals surface area contributed by atoms with Crippen molar-refractivity contribution in [2.75, 3.05) is 33.3 Å². The van der Waals surface area contributed by atoms with Crippen LogP contribution in [-0.2, 0) is 21.3 Å². The van der Waals surface area contributed by atoms with E-state index in [2.05, 4.69) is 20.8 Å². The van der Waals surface area contributed by atoms with Crippen LogP contribution in [0.5, 0.6) is 0 Å². The molecule has 0 saturated carbocycles. The molecule has 2 aromatic rings. The van der Waals surface area contributed by atoms with Crippen molar-refractivity contribution in [1.29, 1.82) is 0 Å². The molecule has 1 aromatic heterocycles. The number of hydrogen-bond acceptors (Lipinski definition) is 6. The van der Waals surface area contributed by atoms with Crippen LogP contribution in [0.15, 0.2) is 44.4 Å². The summed E-state index contributed by atoms with van der Waals surface area (Å²) < 4.78 is 32.7. The Balaban J connectivity index is 1.58.